The van der Waals surface area contributed by atoms with E-state index in [0.717, 1.165) is 12.1 Å². The Kier molecular flexibility index (Phi) is 9.66. The number of pyridine rings is 1. The van der Waals surface area contributed by atoms with Crippen LogP contribution in [0.25, 0.3) is 17.2 Å². The number of rotatable bonds is 10. The van der Waals surface area contributed by atoms with Crippen molar-refractivity contribution in [2.75, 3.05) is 12.4 Å². The molecule has 6 rings (SSSR count). The summed E-state index contributed by atoms with van der Waals surface area (Å²) in [5.74, 6) is -7.87. The number of halogens is 6. The Labute approximate surface area is 273 Å². The van der Waals surface area contributed by atoms with Gasteiger partial charge in [0.25, 0.3) is 12.3 Å². The molecule has 1 amide bonds. The Bertz CT molecular complexity index is 1900. The average Bonchev–Trinajstić information content (AvgIpc) is 3.72. The number of carbonyl (C=O) groups excluding carboxylic acids is 1. The molecule has 2 aliphatic carbocycles. The molecule has 4 aromatic rings. The molecule has 7 nitrogen and oxygen atoms in total. The van der Waals surface area contributed by atoms with Crippen molar-refractivity contribution < 1.29 is 31.1 Å². The first-order valence-electron chi connectivity index (χ1n) is 15.3. The molecule has 2 aromatic heterocycles. The molecule has 250 valence electrons. The normalized spacial score (nSPS) is 17.4. The van der Waals surface area contributed by atoms with Gasteiger partial charge in [-0.05, 0) is 66.3 Å². The maximum Gasteiger partial charge on any atom is 0.293 e. The summed E-state index contributed by atoms with van der Waals surface area (Å²) in [6.07, 6.45) is -1.78. The fraction of sp³-hybridized carbons (Fsp3) is 0.314. The molecular formula is C35H32F6N6O. The van der Waals surface area contributed by atoms with Gasteiger partial charge in [0.15, 0.2) is 0 Å². The van der Waals surface area contributed by atoms with Crippen molar-refractivity contribution in [2.24, 2.45) is 5.92 Å². The van der Waals surface area contributed by atoms with Gasteiger partial charge in [-0.15, -0.1) is 0 Å². The molecule has 3 unspecified atom stereocenters. The zero-order valence-corrected chi connectivity index (χ0v) is 26.3. The quantitative estimate of drug-likeness (QED) is 0.167. The van der Waals surface area contributed by atoms with Crippen LogP contribution in [0.1, 0.15) is 78.1 Å². The molecular weight excluding hydrogens is 634 g/mol. The number of hydrogen-bond donors (Lipinski definition) is 2. The van der Waals surface area contributed by atoms with Crippen molar-refractivity contribution in [2.45, 2.75) is 57.5 Å². The van der Waals surface area contributed by atoms with Crippen LogP contribution in [-0.2, 0) is 23.7 Å². The molecule has 13 heteroatoms. The number of amides is 1. The summed E-state index contributed by atoms with van der Waals surface area (Å²) in [5.41, 5.74) is 0.919. The highest BCUT2D eigenvalue weighted by atomic mass is 19.3. The molecule has 0 bridgehead atoms. The molecule has 2 aliphatic rings. The summed E-state index contributed by atoms with van der Waals surface area (Å²) < 4.78 is 87.1. The van der Waals surface area contributed by atoms with E-state index < -0.39 is 65.7 Å². The summed E-state index contributed by atoms with van der Waals surface area (Å²) in [7, 11) is 1.66. The van der Waals surface area contributed by atoms with E-state index >= 15 is 8.78 Å². The van der Waals surface area contributed by atoms with Gasteiger partial charge in [0.1, 0.15) is 29.6 Å². The second-order valence-electron chi connectivity index (χ2n) is 11.3. The maximum atomic E-state index is 15.2. The number of fused-ring (bicyclic) bond motifs is 3. The molecule has 0 radical (unpaired) electrons. The Hall–Kier alpha value is -5.12. The van der Waals surface area contributed by atoms with Gasteiger partial charge >= 0.3 is 0 Å². The molecule has 0 saturated heterocycles. The van der Waals surface area contributed by atoms with Gasteiger partial charge in [-0.3, -0.25) is 9.48 Å². The van der Waals surface area contributed by atoms with E-state index in [2.05, 4.69) is 28.4 Å². The van der Waals surface area contributed by atoms with E-state index in [1.165, 1.54) is 6.08 Å². The number of nitrogens with zero attached hydrogens (tertiary/aromatic N) is 4. The first-order chi connectivity index (χ1) is 22.9. The minimum absolute atomic E-state index is 0.0690. The van der Waals surface area contributed by atoms with Crippen LogP contribution in [0.5, 0.6) is 0 Å². The van der Waals surface area contributed by atoms with E-state index in [1.54, 1.807) is 37.4 Å². The summed E-state index contributed by atoms with van der Waals surface area (Å²) in [6, 6.07) is 12.1. The van der Waals surface area contributed by atoms with E-state index in [0.29, 0.717) is 38.8 Å². The predicted octanol–water partition coefficient (Wildman–Crippen LogP) is 8.05. The maximum absolute atomic E-state index is 15.2. The van der Waals surface area contributed by atoms with E-state index in [4.69, 9.17) is 4.98 Å². The Balaban J connectivity index is 0.00000221. The van der Waals surface area contributed by atoms with Crippen molar-refractivity contribution in [1.29, 1.82) is 5.26 Å². The lowest BCUT2D eigenvalue weighted by molar-refractivity contribution is -0.123. The van der Waals surface area contributed by atoms with Crippen LogP contribution >= 0.6 is 0 Å². The number of hydrogen-bond acceptors (Lipinski definition) is 5. The largest absolute Gasteiger partial charge is 0.386 e. The lowest BCUT2D eigenvalue weighted by Crippen LogP contribution is -2.35. The number of carbonyl (C=O) groups is 1. The molecule has 2 aromatic carbocycles. The predicted molar refractivity (Wildman–Crippen MR) is 168 cm³/mol. The van der Waals surface area contributed by atoms with Crippen LogP contribution in [0, 0.1) is 28.9 Å². The zero-order valence-electron chi connectivity index (χ0n) is 26.3. The highest BCUT2D eigenvalue weighted by Gasteiger charge is 2.67. The number of nitrogens with one attached hydrogen (secondary N) is 2. The van der Waals surface area contributed by atoms with Crippen molar-refractivity contribution in [3.05, 3.63) is 106 Å². The molecule has 48 heavy (non-hydrogen) atoms. The van der Waals surface area contributed by atoms with Crippen LogP contribution in [0.2, 0.25) is 0 Å². The molecule has 2 N–H and O–H groups in total. The lowest BCUT2D eigenvalue weighted by atomic mass is 9.93. The number of aromatic nitrogens is 3. The van der Waals surface area contributed by atoms with Gasteiger partial charge in [0.05, 0.1) is 34.7 Å². The van der Waals surface area contributed by atoms with Gasteiger partial charge in [0, 0.05) is 30.2 Å². The third kappa shape index (κ3) is 6.39. The smallest absolute Gasteiger partial charge is 0.293 e. The van der Waals surface area contributed by atoms with Crippen molar-refractivity contribution in [3.63, 3.8) is 0 Å². The standard InChI is InChI=1S/C33H26F6N6O.C2H6/c1-3-24-25(41-2)13-21(18-6-4-5-16(7-18)14-40)29(43-24)26(10-17-8-19(34)11-20(35)9-17)42-27(46)15-45-31-28(30(44-45)32(36)37)22-12-23(22)33(31,38)39;1-2/h3-9,11,13,22-23,26,32,41H,1,10,12,15H2,2H3,(H,42,46);1-2H3. The fourth-order valence-corrected chi connectivity index (χ4v) is 6.29. The molecule has 0 spiro atoms. The number of alkyl halides is 4. The van der Waals surface area contributed by atoms with Gasteiger partial charge in [-0.1, -0.05) is 32.6 Å². The minimum Gasteiger partial charge on any atom is -0.386 e. The van der Waals surface area contributed by atoms with Gasteiger partial charge in [-0.2, -0.15) is 19.1 Å². The summed E-state index contributed by atoms with van der Waals surface area (Å²) in [4.78, 5) is 18.3. The van der Waals surface area contributed by atoms with Crippen molar-refractivity contribution in [3.8, 4) is 17.2 Å². The molecule has 1 fully saturated rings. The summed E-state index contributed by atoms with van der Waals surface area (Å²) >= 11 is 0. The van der Waals surface area contributed by atoms with Gasteiger partial charge in [0.2, 0.25) is 5.91 Å². The zero-order chi connectivity index (χ0) is 34.9. The first kappa shape index (κ1) is 34.2. The summed E-state index contributed by atoms with van der Waals surface area (Å²) in [5, 5.41) is 19.0. The molecule has 0 aliphatic heterocycles. The van der Waals surface area contributed by atoms with Crippen LogP contribution in [-0.4, -0.2) is 27.7 Å². The molecule has 3 atom stereocenters. The fourth-order valence-electron chi connectivity index (χ4n) is 6.29. The highest BCUT2D eigenvalue weighted by Crippen LogP contribution is 2.68. The second-order valence-corrected chi connectivity index (χ2v) is 11.3. The van der Waals surface area contributed by atoms with Crippen LogP contribution in [0.4, 0.5) is 32.0 Å². The third-order valence-corrected chi connectivity index (χ3v) is 8.33. The summed E-state index contributed by atoms with van der Waals surface area (Å²) in [6.45, 7) is 6.97. The van der Waals surface area contributed by atoms with E-state index in [9.17, 15) is 27.6 Å². The molecule has 2 heterocycles. The number of nitriles is 1. The monoisotopic (exact) mass is 666 g/mol. The number of anilines is 1. The third-order valence-electron chi connectivity index (χ3n) is 8.33. The number of benzene rings is 2. The molecule has 1 saturated carbocycles. The van der Waals surface area contributed by atoms with Gasteiger partial charge < -0.3 is 10.6 Å². The van der Waals surface area contributed by atoms with E-state index in [1.807, 2.05) is 13.8 Å². The Morgan fingerprint density at radius 1 is 1.15 bits per heavy atom. The van der Waals surface area contributed by atoms with E-state index in [-0.39, 0.29) is 29.7 Å². The van der Waals surface area contributed by atoms with Crippen molar-refractivity contribution >= 4 is 17.7 Å². The van der Waals surface area contributed by atoms with Crippen LogP contribution < -0.4 is 10.6 Å². The average molecular weight is 667 g/mol. The SMILES string of the molecule is C=Cc1nc(C(Cc2cc(F)cc(F)c2)NC(=O)Cn2nc(C(F)F)c3c2C(F)(F)C2CC32)c(-c2cccc(C#N)c2)cc1NC.CC. The Morgan fingerprint density at radius 3 is 2.48 bits per heavy atom. The topological polar surface area (TPSA) is 95.6 Å². The lowest BCUT2D eigenvalue weighted by Gasteiger charge is -2.24. The minimum atomic E-state index is -3.43. The van der Waals surface area contributed by atoms with Crippen molar-refractivity contribution in [1.82, 2.24) is 20.1 Å². The first-order valence-corrected chi connectivity index (χ1v) is 15.3. The Morgan fingerprint density at radius 2 is 1.85 bits per heavy atom. The highest BCUT2D eigenvalue weighted by molar-refractivity contribution is 5.79. The van der Waals surface area contributed by atoms with Crippen LogP contribution in [0.3, 0.4) is 0 Å². The van der Waals surface area contributed by atoms with Gasteiger partial charge in [-0.25, -0.2) is 22.5 Å². The second kappa shape index (κ2) is 13.5. The van der Waals surface area contributed by atoms with Crippen LogP contribution in [0.15, 0.2) is 55.1 Å².